The lowest BCUT2D eigenvalue weighted by Crippen LogP contribution is -2.37. The Kier molecular flexibility index (Phi) is 51.0. The Bertz CT molecular complexity index is 1490. The number of rotatable bonds is 53. The Morgan fingerprint density at radius 2 is 0.792 bits per heavy atom. The molecule has 0 aromatic carbocycles. The van der Waals surface area contributed by atoms with Crippen molar-refractivity contribution in [1.82, 2.24) is 0 Å². The van der Waals surface area contributed by atoms with Gasteiger partial charge in [0.15, 0.2) is 6.10 Å². The number of esters is 2. The summed E-state index contributed by atoms with van der Waals surface area (Å²) >= 11 is 0. The van der Waals surface area contributed by atoms with Gasteiger partial charge in [0.2, 0.25) is 0 Å². The van der Waals surface area contributed by atoms with Crippen molar-refractivity contribution >= 4 is 19.8 Å². The number of likely N-dealkylation sites (N-methyl/N-ethyl adjacent to an activating group) is 1. The van der Waals surface area contributed by atoms with Crippen LogP contribution in [0.4, 0.5) is 0 Å². The van der Waals surface area contributed by atoms with E-state index in [1.807, 2.05) is 21.1 Å². The normalized spacial score (nSPS) is 13.9. The molecule has 0 N–H and O–H groups in total. The molecule has 72 heavy (non-hydrogen) atoms. The number of carbonyl (C=O) groups is 2. The molecule has 0 fully saturated rings. The SMILES string of the molecule is CC/C=C\C/C=C\C/C=C\C/C=C\C/C=C\C/C=C\C/C=C\CCCCCCCCCCCCCCCCCCCC(=O)OC(COC(=O)CCCCCCCCCCC)COP(=O)([O-])OCC[N+](C)(C)C. The number of quaternary nitrogens is 1. The monoisotopic (exact) mass is 1030 g/mol. The maximum absolute atomic E-state index is 12.7. The van der Waals surface area contributed by atoms with Gasteiger partial charge in [-0.1, -0.05) is 247 Å². The van der Waals surface area contributed by atoms with Crippen LogP contribution in [0.1, 0.15) is 245 Å². The van der Waals surface area contributed by atoms with Crippen LogP contribution < -0.4 is 4.89 Å². The maximum atomic E-state index is 12.7. The van der Waals surface area contributed by atoms with Gasteiger partial charge in [0.25, 0.3) is 7.82 Å². The number of unbranched alkanes of at least 4 members (excludes halogenated alkanes) is 25. The Labute approximate surface area is 443 Å². The van der Waals surface area contributed by atoms with E-state index in [2.05, 4.69) is 98.9 Å². The fraction of sp³-hybridized carbons (Fsp3) is 0.742. The first-order chi connectivity index (χ1) is 35.0. The first-order valence-electron chi connectivity index (χ1n) is 29.3. The van der Waals surface area contributed by atoms with Crippen LogP contribution in [0.3, 0.4) is 0 Å². The van der Waals surface area contributed by atoms with Crippen LogP contribution in [-0.2, 0) is 32.7 Å². The van der Waals surface area contributed by atoms with Gasteiger partial charge in [-0.05, 0) is 70.6 Å². The summed E-state index contributed by atoms with van der Waals surface area (Å²) in [4.78, 5) is 37.6. The molecule has 0 saturated carbocycles. The molecule has 0 bridgehead atoms. The molecule has 416 valence electrons. The van der Waals surface area contributed by atoms with Gasteiger partial charge in [-0.15, -0.1) is 0 Å². The third-order valence-corrected chi connectivity index (χ3v) is 13.4. The van der Waals surface area contributed by atoms with E-state index >= 15 is 0 Å². The number of hydrogen-bond acceptors (Lipinski definition) is 8. The quantitative estimate of drug-likeness (QED) is 0.0195. The second-order valence-corrected chi connectivity index (χ2v) is 22.0. The summed E-state index contributed by atoms with van der Waals surface area (Å²) in [6, 6.07) is 0. The van der Waals surface area contributed by atoms with E-state index < -0.39 is 26.5 Å². The zero-order chi connectivity index (χ0) is 52.7. The molecule has 2 unspecified atom stereocenters. The van der Waals surface area contributed by atoms with E-state index in [0.717, 1.165) is 83.5 Å². The summed E-state index contributed by atoms with van der Waals surface area (Å²) in [7, 11) is 1.17. The minimum atomic E-state index is -4.63. The lowest BCUT2D eigenvalue weighted by Gasteiger charge is -2.28. The van der Waals surface area contributed by atoms with E-state index in [-0.39, 0.29) is 32.0 Å². The highest BCUT2D eigenvalue weighted by atomic mass is 31.2. The number of allylic oxidation sites excluding steroid dienone is 14. The predicted octanol–water partition coefficient (Wildman–Crippen LogP) is 17.6. The topological polar surface area (TPSA) is 111 Å². The number of carbonyl (C=O) groups excluding carboxylic acids is 2. The van der Waals surface area contributed by atoms with E-state index in [1.165, 1.54) is 128 Å². The molecule has 0 radical (unpaired) electrons. The smallest absolute Gasteiger partial charge is 0.306 e. The van der Waals surface area contributed by atoms with Crippen molar-refractivity contribution in [2.75, 3.05) is 47.5 Å². The highest BCUT2D eigenvalue weighted by Crippen LogP contribution is 2.38. The molecule has 0 saturated heterocycles. The van der Waals surface area contributed by atoms with E-state index in [1.54, 1.807) is 0 Å². The lowest BCUT2D eigenvalue weighted by atomic mass is 10.0. The number of nitrogens with zero attached hydrogens (tertiary/aromatic N) is 1. The number of phosphoric acid groups is 1. The highest BCUT2D eigenvalue weighted by molar-refractivity contribution is 7.45. The van der Waals surface area contributed by atoms with Gasteiger partial charge in [-0.2, -0.15) is 0 Å². The molecule has 0 heterocycles. The molecule has 0 rings (SSSR count). The third kappa shape index (κ3) is 56.5. The third-order valence-electron chi connectivity index (χ3n) is 12.4. The minimum absolute atomic E-state index is 0.0309. The second kappa shape index (κ2) is 53.0. The fourth-order valence-corrected chi connectivity index (χ4v) is 8.66. The zero-order valence-electron chi connectivity index (χ0n) is 47.1. The Morgan fingerprint density at radius 1 is 0.444 bits per heavy atom. The first kappa shape index (κ1) is 69.2. The van der Waals surface area contributed by atoms with Gasteiger partial charge in [-0.3, -0.25) is 14.2 Å². The van der Waals surface area contributed by atoms with Crippen molar-refractivity contribution in [2.24, 2.45) is 0 Å². The van der Waals surface area contributed by atoms with Crippen molar-refractivity contribution < 1.29 is 42.1 Å². The van der Waals surface area contributed by atoms with Crippen molar-refractivity contribution in [1.29, 1.82) is 0 Å². The summed E-state index contributed by atoms with van der Waals surface area (Å²) in [6.45, 7) is 4.10. The number of ether oxygens (including phenoxy) is 2. The molecule has 2 atom stereocenters. The van der Waals surface area contributed by atoms with Crippen molar-refractivity contribution in [3.63, 3.8) is 0 Å². The molecule has 0 aliphatic heterocycles. The Hall–Kier alpha value is -2.81. The summed E-state index contributed by atoms with van der Waals surface area (Å²) in [5.74, 6) is -0.832. The standard InChI is InChI=1S/C62H110NO8P/c1-6-8-10-12-14-16-17-18-19-20-21-22-23-24-25-26-27-28-29-30-31-32-33-34-35-36-37-38-39-40-41-42-43-44-45-47-49-51-53-55-62(65)71-60(59-70-72(66,67)69-57-56-63(3,4)5)58-68-61(64)54-52-50-48-46-15-13-11-9-7-2/h8,10,14,16,18-19,21-22,24-25,27-28,30-31,60H,6-7,9,11-13,15,17,20,23,26,29,32-59H2,1-5H3/b10-8-,16-14-,19-18-,22-21-,25-24-,28-27-,31-30-. The average Bonchev–Trinajstić information content (AvgIpc) is 3.34. The largest absolute Gasteiger partial charge is 0.756 e. The van der Waals surface area contributed by atoms with Gasteiger partial charge in [-0.25, -0.2) is 0 Å². The summed E-state index contributed by atoms with van der Waals surface area (Å²) in [5, 5.41) is 0. The van der Waals surface area contributed by atoms with Crippen molar-refractivity contribution in [3.05, 3.63) is 85.1 Å². The van der Waals surface area contributed by atoms with Gasteiger partial charge in [0, 0.05) is 12.8 Å². The van der Waals surface area contributed by atoms with E-state index in [0.29, 0.717) is 17.4 Å². The molecular formula is C62H110NO8P. The molecule has 9 nitrogen and oxygen atoms in total. The molecule has 0 spiro atoms. The molecule has 0 aliphatic rings. The number of hydrogen-bond donors (Lipinski definition) is 0. The summed E-state index contributed by atoms with van der Waals surface area (Å²) < 4.78 is 34.0. The maximum Gasteiger partial charge on any atom is 0.306 e. The van der Waals surface area contributed by atoms with Crippen LogP contribution in [0.25, 0.3) is 0 Å². The van der Waals surface area contributed by atoms with Gasteiger partial charge in [0.05, 0.1) is 27.7 Å². The number of phosphoric ester groups is 1. The second-order valence-electron chi connectivity index (χ2n) is 20.6. The van der Waals surface area contributed by atoms with E-state index in [9.17, 15) is 19.0 Å². The molecule has 0 amide bonds. The van der Waals surface area contributed by atoms with Gasteiger partial charge in [0.1, 0.15) is 19.8 Å². The fourth-order valence-electron chi connectivity index (χ4n) is 7.93. The van der Waals surface area contributed by atoms with Crippen LogP contribution in [0, 0.1) is 0 Å². The lowest BCUT2D eigenvalue weighted by molar-refractivity contribution is -0.870. The minimum Gasteiger partial charge on any atom is -0.756 e. The van der Waals surface area contributed by atoms with Crippen LogP contribution in [0.5, 0.6) is 0 Å². The summed E-state index contributed by atoms with van der Waals surface area (Å²) in [6.07, 6.45) is 70.9. The van der Waals surface area contributed by atoms with Gasteiger partial charge < -0.3 is 27.9 Å². The highest BCUT2D eigenvalue weighted by Gasteiger charge is 2.22. The summed E-state index contributed by atoms with van der Waals surface area (Å²) in [5.41, 5.74) is 0. The van der Waals surface area contributed by atoms with Crippen LogP contribution in [-0.4, -0.2) is 70.0 Å². The predicted molar refractivity (Wildman–Crippen MR) is 305 cm³/mol. The molecule has 0 aliphatic carbocycles. The zero-order valence-corrected chi connectivity index (χ0v) is 48.0. The molecule has 0 aromatic rings. The van der Waals surface area contributed by atoms with Crippen molar-refractivity contribution in [3.8, 4) is 0 Å². The average molecular weight is 1030 g/mol. The first-order valence-corrected chi connectivity index (χ1v) is 30.8. The Morgan fingerprint density at radius 3 is 1.18 bits per heavy atom. The van der Waals surface area contributed by atoms with Crippen LogP contribution in [0.15, 0.2) is 85.1 Å². The van der Waals surface area contributed by atoms with Crippen molar-refractivity contribution in [2.45, 2.75) is 251 Å². The van der Waals surface area contributed by atoms with Gasteiger partial charge >= 0.3 is 11.9 Å². The van der Waals surface area contributed by atoms with Crippen LogP contribution in [0.2, 0.25) is 0 Å². The Balaban J connectivity index is 3.91. The van der Waals surface area contributed by atoms with E-state index in [4.69, 9.17) is 18.5 Å². The van der Waals surface area contributed by atoms with Crippen LogP contribution >= 0.6 is 7.82 Å². The molecule has 10 heteroatoms. The molecule has 0 aromatic heterocycles. The molecular weight excluding hydrogens is 918 g/mol.